The van der Waals surface area contributed by atoms with Gasteiger partial charge in [0, 0.05) is 12.1 Å². The molecule has 0 aliphatic heterocycles. The number of hydrogen-bond donors (Lipinski definition) is 1. The summed E-state index contributed by atoms with van der Waals surface area (Å²) in [4.78, 5) is 11.7. The van der Waals surface area contributed by atoms with Gasteiger partial charge in [-0.3, -0.25) is 4.79 Å². The molecule has 0 aliphatic carbocycles. The lowest BCUT2D eigenvalue weighted by molar-refractivity contribution is -0.116. The van der Waals surface area contributed by atoms with E-state index in [1.807, 2.05) is 12.1 Å². The molecule has 0 bridgehead atoms. The fourth-order valence-corrected chi connectivity index (χ4v) is 2.12. The van der Waals surface area contributed by atoms with Crippen LogP contribution in [0.4, 0.5) is 5.69 Å². The van der Waals surface area contributed by atoms with Crippen molar-refractivity contribution in [2.45, 2.75) is 65.2 Å². The van der Waals surface area contributed by atoms with Crippen molar-refractivity contribution in [3.05, 3.63) is 29.8 Å². The summed E-state index contributed by atoms with van der Waals surface area (Å²) in [5.74, 6) is 0.130. The lowest BCUT2D eigenvalue weighted by Gasteiger charge is -2.07. The first kappa shape index (κ1) is 15.7. The van der Waals surface area contributed by atoms with Crippen molar-refractivity contribution in [2.24, 2.45) is 0 Å². The van der Waals surface area contributed by atoms with E-state index in [4.69, 9.17) is 0 Å². The molecule has 0 atom stereocenters. The zero-order chi connectivity index (χ0) is 13.9. The van der Waals surface area contributed by atoms with Crippen LogP contribution in [0.3, 0.4) is 0 Å². The third-order valence-corrected chi connectivity index (χ3v) is 3.29. The van der Waals surface area contributed by atoms with E-state index in [-0.39, 0.29) is 5.91 Å². The van der Waals surface area contributed by atoms with Crippen molar-refractivity contribution in [1.29, 1.82) is 0 Å². The minimum atomic E-state index is 0.130. The van der Waals surface area contributed by atoms with Gasteiger partial charge in [0.2, 0.25) is 5.91 Å². The largest absolute Gasteiger partial charge is 0.326 e. The summed E-state index contributed by atoms with van der Waals surface area (Å²) in [7, 11) is 0. The van der Waals surface area contributed by atoms with Crippen LogP contribution in [0.2, 0.25) is 0 Å². The van der Waals surface area contributed by atoms with Crippen LogP contribution < -0.4 is 5.32 Å². The molecule has 2 heteroatoms. The van der Waals surface area contributed by atoms with Crippen LogP contribution in [-0.4, -0.2) is 5.91 Å². The van der Waals surface area contributed by atoms with Crippen LogP contribution >= 0.6 is 0 Å². The van der Waals surface area contributed by atoms with Crippen LogP contribution in [0.5, 0.6) is 0 Å². The van der Waals surface area contributed by atoms with E-state index in [1.165, 1.54) is 31.2 Å². The van der Waals surface area contributed by atoms with Crippen LogP contribution in [0.1, 0.15) is 64.4 Å². The Labute approximate surface area is 117 Å². The van der Waals surface area contributed by atoms with E-state index < -0.39 is 0 Å². The lowest BCUT2D eigenvalue weighted by Crippen LogP contribution is -2.11. The van der Waals surface area contributed by atoms with Gasteiger partial charge in [0.15, 0.2) is 0 Å². The molecule has 0 saturated heterocycles. The van der Waals surface area contributed by atoms with E-state index in [9.17, 15) is 4.79 Å². The number of anilines is 1. The van der Waals surface area contributed by atoms with Crippen molar-refractivity contribution in [3.63, 3.8) is 0 Å². The zero-order valence-electron chi connectivity index (χ0n) is 12.4. The molecule has 1 aromatic rings. The van der Waals surface area contributed by atoms with Gasteiger partial charge in [-0.25, -0.2) is 0 Å². The number of rotatable bonds is 9. The maximum absolute atomic E-state index is 11.7. The van der Waals surface area contributed by atoms with Crippen molar-refractivity contribution in [3.8, 4) is 0 Å². The molecule has 1 N–H and O–H groups in total. The summed E-state index contributed by atoms with van der Waals surface area (Å²) in [6, 6.07) is 8.26. The summed E-state index contributed by atoms with van der Waals surface area (Å²) >= 11 is 0. The molecule has 1 aromatic carbocycles. The molecular weight excluding hydrogens is 234 g/mol. The molecule has 0 unspecified atom stereocenters. The highest BCUT2D eigenvalue weighted by Crippen LogP contribution is 2.14. The average molecular weight is 261 g/mol. The molecule has 1 amide bonds. The Kier molecular flexibility index (Phi) is 7.95. The average Bonchev–Trinajstić information content (AvgIpc) is 2.42. The van der Waals surface area contributed by atoms with Crippen LogP contribution in [-0.2, 0) is 11.2 Å². The number of carbonyl (C=O) groups excluding carboxylic acids is 1. The van der Waals surface area contributed by atoms with Gasteiger partial charge in [-0.1, -0.05) is 51.7 Å². The monoisotopic (exact) mass is 261 g/mol. The van der Waals surface area contributed by atoms with Crippen LogP contribution in [0, 0.1) is 0 Å². The molecule has 0 saturated carbocycles. The van der Waals surface area contributed by atoms with E-state index in [0.717, 1.165) is 24.9 Å². The standard InChI is InChI=1S/C17H27NO/c1-3-5-7-8-10-15-11-9-12-16(14-15)18-17(19)13-6-4-2/h9,11-12,14H,3-8,10,13H2,1-2H3,(H,18,19). The first-order valence-corrected chi connectivity index (χ1v) is 7.65. The molecule has 2 nitrogen and oxygen atoms in total. The SMILES string of the molecule is CCCCCCc1cccc(NC(=O)CCCC)c1. The molecule has 0 spiro atoms. The topological polar surface area (TPSA) is 29.1 Å². The van der Waals surface area contributed by atoms with Crippen molar-refractivity contribution in [2.75, 3.05) is 5.32 Å². The summed E-state index contributed by atoms with van der Waals surface area (Å²) in [6.45, 7) is 4.33. The van der Waals surface area contributed by atoms with Crippen LogP contribution in [0.25, 0.3) is 0 Å². The quantitative estimate of drug-likeness (QED) is 0.627. The molecule has 0 fully saturated rings. The molecule has 0 heterocycles. The Balaban J connectivity index is 2.40. The Morgan fingerprint density at radius 1 is 1.05 bits per heavy atom. The van der Waals surface area contributed by atoms with Gasteiger partial charge in [0.1, 0.15) is 0 Å². The van der Waals surface area contributed by atoms with E-state index >= 15 is 0 Å². The third-order valence-electron chi connectivity index (χ3n) is 3.29. The minimum Gasteiger partial charge on any atom is -0.326 e. The number of carbonyl (C=O) groups is 1. The second kappa shape index (κ2) is 9.60. The van der Waals surface area contributed by atoms with Gasteiger partial charge in [0.25, 0.3) is 0 Å². The highest BCUT2D eigenvalue weighted by Gasteiger charge is 2.02. The summed E-state index contributed by atoms with van der Waals surface area (Å²) in [5.41, 5.74) is 2.26. The number of benzene rings is 1. The fraction of sp³-hybridized carbons (Fsp3) is 0.588. The Morgan fingerprint density at radius 3 is 2.58 bits per heavy atom. The first-order chi connectivity index (χ1) is 9.26. The van der Waals surface area contributed by atoms with Crippen molar-refractivity contribution < 1.29 is 4.79 Å². The van der Waals surface area contributed by atoms with Gasteiger partial charge in [-0.15, -0.1) is 0 Å². The molecule has 1 rings (SSSR count). The first-order valence-electron chi connectivity index (χ1n) is 7.65. The summed E-state index contributed by atoms with van der Waals surface area (Å²) in [5, 5.41) is 2.98. The molecule has 0 aliphatic rings. The van der Waals surface area contributed by atoms with Crippen molar-refractivity contribution in [1.82, 2.24) is 0 Å². The summed E-state index contributed by atoms with van der Waals surface area (Å²) in [6.07, 6.45) is 8.87. The van der Waals surface area contributed by atoms with E-state index in [1.54, 1.807) is 0 Å². The second-order valence-electron chi connectivity index (χ2n) is 5.16. The number of aryl methyl sites for hydroxylation is 1. The Bertz CT molecular complexity index is 373. The summed E-state index contributed by atoms with van der Waals surface area (Å²) < 4.78 is 0. The van der Waals surface area contributed by atoms with E-state index in [2.05, 4.69) is 31.3 Å². The predicted molar refractivity (Wildman–Crippen MR) is 82.4 cm³/mol. The molecule has 0 radical (unpaired) electrons. The Hall–Kier alpha value is -1.31. The van der Waals surface area contributed by atoms with Gasteiger partial charge < -0.3 is 5.32 Å². The van der Waals surface area contributed by atoms with Gasteiger partial charge in [-0.2, -0.15) is 0 Å². The number of amides is 1. The highest BCUT2D eigenvalue weighted by molar-refractivity contribution is 5.90. The van der Waals surface area contributed by atoms with Crippen molar-refractivity contribution >= 4 is 11.6 Å². The fourth-order valence-electron chi connectivity index (χ4n) is 2.12. The number of nitrogens with one attached hydrogen (secondary N) is 1. The third kappa shape index (κ3) is 7.00. The normalized spacial score (nSPS) is 10.4. The predicted octanol–water partition coefficient (Wildman–Crippen LogP) is 4.94. The molecular formula is C17H27NO. The molecule has 19 heavy (non-hydrogen) atoms. The smallest absolute Gasteiger partial charge is 0.224 e. The second-order valence-corrected chi connectivity index (χ2v) is 5.16. The molecule has 0 aromatic heterocycles. The maximum atomic E-state index is 11.7. The minimum absolute atomic E-state index is 0.130. The molecule has 106 valence electrons. The highest BCUT2D eigenvalue weighted by atomic mass is 16.1. The van der Waals surface area contributed by atoms with Crippen LogP contribution in [0.15, 0.2) is 24.3 Å². The zero-order valence-corrected chi connectivity index (χ0v) is 12.4. The van der Waals surface area contributed by atoms with Gasteiger partial charge in [-0.05, 0) is 37.0 Å². The number of unbranched alkanes of at least 4 members (excludes halogenated alkanes) is 4. The van der Waals surface area contributed by atoms with Gasteiger partial charge in [0.05, 0.1) is 0 Å². The van der Waals surface area contributed by atoms with E-state index in [0.29, 0.717) is 6.42 Å². The Morgan fingerprint density at radius 2 is 1.84 bits per heavy atom. The maximum Gasteiger partial charge on any atom is 0.224 e. The lowest BCUT2D eigenvalue weighted by atomic mass is 10.1. The number of hydrogen-bond acceptors (Lipinski definition) is 1. The van der Waals surface area contributed by atoms with Gasteiger partial charge >= 0.3 is 0 Å².